The van der Waals surface area contributed by atoms with Crippen LogP contribution in [0.25, 0.3) is 5.69 Å². The normalized spacial score (nSPS) is 13.0. The van der Waals surface area contributed by atoms with Crippen molar-refractivity contribution in [3.63, 3.8) is 0 Å². The number of nitrogens with zero attached hydrogens (tertiary/aromatic N) is 3. The molecule has 0 spiro atoms. The lowest BCUT2D eigenvalue weighted by Crippen LogP contribution is -2.27. The number of carbonyl (C=O) groups excluding carboxylic acids is 2. The van der Waals surface area contributed by atoms with E-state index < -0.39 is 0 Å². The molecule has 1 heterocycles. The summed E-state index contributed by atoms with van der Waals surface area (Å²) in [4.78, 5) is 27.2. The quantitative estimate of drug-likeness (QED) is 0.497. The molecular weight excluding hydrogens is 398 g/mol. The van der Waals surface area contributed by atoms with Crippen molar-refractivity contribution in [3.05, 3.63) is 82.2 Å². The fourth-order valence-corrected chi connectivity index (χ4v) is 4.51. The van der Waals surface area contributed by atoms with E-state index in [1.807, 2.05) is 61.0 Å². The summed E-state index contributed by atoms with van der Waals surface area (Å²) in [5.41, 5.74) is 7.39. The van der Waals surface area contributed by atoms with E-state index in [0.717, 1.165) is 41.0 Å². The van der Waals surface area contributed by atoms with Crippen LogP contribution in [0.5, 0.6) is 0 Å². The summed E-state index contributed by atoms with van der Waals surface area (Å²) in [7, 11) is 1.80. The van der Waals surface area contributed by atoms with Crippen molar-refractivity contribution in [2.24, 2.45) is 0 Å². The van der Waals surface area contributed by atoms with Crippen LogP contribution in [0, 0.1) is 13.8 Å². The van der Waals surface area contributed by atoms with Crippen LogP contribution in [0.3, 0.4) is 0 Å². The molecular formula is C27H31N3O2. The zero-order chi connectivity index (χ0) is 22.7. The molecule has 5 nitrogen and oxygen atoms in total. The minimum absolute atomic E-state index is 0.0254. The largest absolute Gasteiger partial charge is 0.341 e. The van der Waals surface area contributed by atoms with Crippen molar-refractivity contribution in [3.8, 4) is 5.69 Å². The first-order valence-corrected chi connectivity index (χ1v) is 11.4. The third-order valence-electron chi connectivity index (χ3n) is 6.50. The van der Waals surface area contributed by atoms with Gasteiger partial charge in [0.15, 0.2) is 5.78 Å². The van der Waals surface area contributed by atoms with Gasteiger partial charge < -0.3 is 4.90 Å². The number of amides is 1. The van der Waals surface area contributed by atoms with Crippen molar-refractivity contribution in [1.82, 2.24) is 14.7 Å². The Labute approximate surface area is 190 Å². The molecule has 1 amide bonds. The molecule has 1 aliphatic carbocycles. The number of hydrogen-bond donors (Lipinski definition) is 0. The van der Waals surface area contributed by atoms with E-state index in [1.165, 1.54) is 24.0 Å². The number of carbonyl (C=O) groups is 2. The zero-order valence-electron chi connectivity index (χ0n) is 19.2. The van der Waals surface area contributed by atoms with Crippen LogP contribution >= 0.6 is 0 Å². The monoisotopic (exact) mass is 429 g/mol. The van der Waals surface area contributed by atoms with Crippen LogP contribution < -0.4 is 0 Å². The highest BCUT2D eigenvalue weighted by molar-refractivity contribution is 5.98. The van der Waals surface area contributed by atoms with E-state index in [9.17, 15) is 9.59 Å². The molecule has 0 bridgehead atoms. The summed E-state index contributed by atoms with van der Waals surface area (Å²) in [6.45, 7) is 4.48. The number of fused-ring (bicyclic) bond motifs is 1. The first-order chi connectivity index (χ1) is 15.4. The Morgan fingerprint density at radius 3 is 2.44 bits per heavy atom. The minimum atomic E-state index is -0.0254. The Bertz CT molecular complexity index is 1130. The standard InChI is InChI=1S/C27H31N3O2/c1-19-25(20(2)30(28-19)24-11-5-4-6-12-24)18-29(3)27(32)16-15-26(31)23-14-13-21-9-7-8-10-22(21)17-23/h4-6,11-14,17H,7-10,15-16,18H2,1-3H3. The summed E-state index contributed by atoms with van der Waals surface area (Å²) >= 11 is 0. The number of Topliss-reactive ketones (excluding diaryl/α,β-unsaturated/α-hetero) is 1. The number of ketones is 1. The average molecular weight is 430 g/mol. The summed E-state index contributed by atoms with van der Waals surface area (Å²) in [5, 5.41) is 4.67. The topological polar surface area (TPSA) is 55.2 Å². The fraction of sp³-hybridized carbons (Fsp3) is 0.370. The molecule has 2 aromatic carbocycles. The average Bonchev–Trinajstić information content (AvgIpc) is 3.10. The maximum Gasteiger partial charge on any atom is 0.223 e. The van der Waals surface area contributed by atoms with Gasteiger partial charge in [-0.3, -0.25) is 9.59 Å². The van der Waals surface area contributed by atoms with Crippen LogP contribution in [0.1, 0.15) is 64.1 Å². The van der Waals surface area contributed by atoms with Crippen molar-refractivity contribution in [2.45, 2.75) is 58.9 Å². The van der Waals surface area contributed by atoms with Gasteiger partial charge in [0.05, 0.1) is 11.4 Å². The second-order valence-electron chi connectivity index (χ2n) is 8.76. The number of benzene rings is 2. The number of aryl methyl sites for hydroxylation is 3. The predicted molar refractivity (Wildman–Crippen MR) is 126 cm³/mol. The van der Waals surface area contributed by atoms with Gasteiger partial charge in [0.25, 0.3) is 0 Å². The van der Waals surface area contributed by atoms with E-state index in [2.05, 4.69) is 11.2 Å². The molecule has 32 heavy (non-hydrogen) atoms. The van der Waals surface area contributed by atoms with E-state index in [0.29, 0.717) is 6.54 Å². The van der Waals surface area contributed by atoms with Gasteiger partial charge in [-0.25, -0.2) is 4.68 Å². The van der Waals surface area contributed by atoms with Gasteiger partial charge in [-0.05, 0) is 68.9 Å². The van der Waals surface area contributed by atoms with Crippen LogP contribution in [-0.2, 0) is 24.2 Å². The van der Waals surface area contributed by atoms with Crippen LogP contribution in [0.15, 0.2) is 48.5 Å². The maximum atomic E-state index is 12.8. The first kappa shape index (κ1) is 22.0. The molecule has 0 aliphatic heterocycles. The van der Waals surface area contributed by atoms with Gasteiger partial charge in [0, 0.05) is 43.3 Å². The second-order valence-corrected chi connectivity index (χ2v) is 8.76. The van der Waals surface area contributed by atoms with Gasteiger partial charge in [-0.15, -0.1) is 0 Å². The number of hydrogen-bond acceptors (Lipinski definition) is 3. The molecule has 166 valence electrons. The molecule has 0 N–H and O–H groups in total. The Morgan fingerprint density at radius 2 is 1.69 bits per heavy atom. The number of aromatic nitrogens is 2. The summed E-state index contributed by atoms with van der Waals surface area (Å²) in [6.07, 6.45) is 5.03. The Morgan fingerprint density at radius 1 is 0.969 bits per heavy atom. The molecule has 0 atom stereocenters. The smallest absolute Gasteiger partial charge is 0.223 e. The van der Waals surface area contributed by atoms with E-state index >= 15 is 0 Å². The highest BCUT2D eigenvalue weighted by Gasteiger charge is 2.19. The lowest BCUT2D eigenvalue weighted by molar-refractivity contribution is -0.130. The molecule has 0 unspecified atom stereocenters. The van der Waals surface area contributed by atoms with Crippen molar-refractivity contribution < 1.29 is 9.59 Å². The third kappa shape index (κ3) is 4.67. The van der Waals surface area contributed by atoms with Gasteiger partial charge in [-0.2, -0.15) is 5.10 Å². The van der Waals surface area contributed by atoms with Gasteiger partial charge in [0.2, 0.25) is 5.91 Å². The van der Waals surface area contributed by atoms with Crippen LogP contribution in [0.4, 0.5) is 0 Å². The molecule has 0 fully saturated rings. The van der Waals surface area contributed by atoms with Crippen molar-refractivity contribution >= 4 is 11.7 Å². The molecule has 3 aromatic rings. The molecule has 0 radical (unpaired) electrons. The van der Waals surface area contributed by atoms with E-state index in [-0.39, 0.29) is 24.5 Å². The summed E-state index contributed by atoms with van der Waals surface area (Å²) < 4.78 is 1.92. The molecule has 1 aromatic heterocycles. The van der Waals surface area contributed by atoms with E-state index in [1.54, 1.807) is 11.9 Å². The van der Waals surface area contributed by atoms with Crippen LogP contribution in [-0.4, -0.2) is 33.4 Å². The Hall–Kier alpha value is -3.21. The Kier molecular flexibility index (Phi) is 6.54. The maximum absolute atomic E-state index is 12.8. The van der Waals surface area contributed by atoms with Gasteiger partial charge in [-0.1, -0.05) is 30.3 Å². The van der Waals surface area contributed by atoms with E-state index in [4.69, 9.17) is 0 Å². The highest BCUT2D eigenvalue weighted by Crippen LogP contribution is 2.23. The lowest BCUT2D eigenvalue weighted by atomic mass is 9.89. The number of rotatable bonds is 7. The van der Waals surface area contributed by atoms with Gasteiger partial charge >= 0.3 is 0 Å². The van der Waals surface area contributed by atoms with Gasteiger partial charge in [0.1, 0.15) is 0 Å². The third-order valence-corrected chi connectivity index (χ3v) is 6.50. The molecule has 1 aliphatic rings. The molecule has 5 heteroatoms. The fourth-order valence-electron chi connectivity index (χ4n) is 4.51. The SMILES string of the molecule is Cc1nn(-c2ccccc2)c(C)c1CN(C)C(=O)CCC(=O)c1ccc2c(c1)CCCC2. The summed E-state index contributed by atoms with van der Waals surface area (Å²) in [5.74, 6) is 0.0203. The zero-order valence-corrected chi connectivity index (χ0v) is 19.2. The predicted octanol–water partition coefficient (Wildman–Crippen LogP) is 4.99. The second kappa shape index (κ2) is 9.51. The van der Waals surface area contributed by atoms with Crippen molar-refractivity contribution in [2.75, 3.05) is 7.05 Å². The lowest BCUT2D eigenvalue weighted by Gasteiger charge is -2.18. The minimum Gasteiger partial charge on any atom is -0.341 e. The highest BCUT2D eigenvalue weighted by atomic mass is 16.2. The number of para-hydroxylation sites is 1. The Balaban J connectivity index is 1.37. The molecule has 0 saturated carbocycles. The summed E-state index contributed by atoms with van der Waals surface area (Å²) in [6, 6.07) is 16.0. The molecule has 4 rings (SSSR count). The van der Waals surface area contributed by atoms with Crippen molar-refractivity contribution in [1.29, 1.82) is 0 Å². The first-order valence-electron chi connectivity index (χ1n) is 11.4. The molecule has 0 saturated heterocycles. The van der Waals surface area contributed by atoms with Crippen LogP contribution in [0.2, 0.25) is 0 Å².